The molecule has 0 radical (unpaired) electrons. The highest BCUT2D eigenvalue weighted by atomic mass is 32.1. The van der Waals surface area contributed by atoms with Crippen molar-refractivity contribution >= 4 is 33.9 Å². The highest BCUT2D eigenvalue weighted by Crippen LogP contribution is 2.18. The SMILES string of the molecule is CCc1ccc2[nH]c(=O)c(CN(CCO)C(=S)Nc3ccc(C)cc3C)cc2c1. The van der Waals surface area contributed by atoms with Crippen molar-refractivity contribution in [1.82, 2.24) is 9.88 Å². The summed E-state index contributed by atoms with van der Waals surface area (Å²) in [5.74, 6) is 0. The molecule has 0 spiro atoms. The molecule has 0 amide bonds. The molecule has 0 saturated heterocycles. The van der Waals surface area contributed by atoms with Crippen molar-refractivity contribution in [3.63, 3.8) is 0 Å². The lowest BCUT2D eigenvalue weighted by molar-refractivity contribution is 0.248. The summed E-state index contributed by atoms with van der Waals surface area (Å²) in [5.41, 5.74) is 5.70. The number of fused-ring (bicyclic) bond motifs is 1. The van der Waals surface area contributed by atoms with E-state index >= 15 is 0 Å². The number of nitrogens with zero attached hydrogens (tertiary/aromatic N) is 1. The Morgan fingerprint density at radius 1 is 1.17 bits per heavy atom. The van der Waals surface area contributed by atoms with E-state index in [0.717, 1.165) is 28.6 Å². The number of nitrogens with one attached hydrogen (secondary N) is 2. The van der Waals surface area contributed by atoms with Crippen LogP contribution in [0.25, 0.3) is 10.9 Å². The Morgan fingerprint density at radius 3 is 2.66 bits per heavy atom. The smallest absolute Gasteiger partial charge is 0.253 e. The van der Waals surface area contributed by atoms with Crippen LogP contribution in [0.4, 0.5) is 5.69 Å². The average molecular weight is 410 g/mol. The second-order valence-corrected chi connectivity index (χ2v) is 7.68. The topological polar surface area (TPSA) is 68.4 Å². The third-order valence-corrected chi connectivity index (χ3v) is 5.40. The third kappa shape index (κ3) is 5.02. The Balaban J connectivity index is 1.86. The lowest BCUT2D eigenvalue weighted by Crippen LogP contribution is -2.38. The number of pyridine rings is 1. The molecular weight excluding hydrogens is 382 g/mol. The third-order valence-electron chi connectivity index (χ3n) is 5.04. The number of thiocarbonyl (C=S) groups is 1. The zero-order valence-electron chi connectivity index (χ0n) is 17.1. The van der Waals surface area contributed by atoms with Crippen LogP contribution in [0.1, 0.15) is 29.2 Å². The van der Waals surface area contributed by atoms with Gasteiger partial charge < -0.3 is 20.3 Å². The summed E-state index contributed by atoms with van der Waals surface area (Å²) >= 11 is 5.58. The van der Waals surface area contributed by atoms with Crippen LogP contribution in [0.15, 0.2) is 47.3 Å². The van der Waals surface area contributed by atoms with Crippen molar-refractivity contribution in [2.24, 2.45) is 0 Å². The average Bonchev–Trinajstić information content (AvgIpc) is 2.69. The molecule has 0 saturated carbocycles. The molecule has 0 bridgehead atoms. The molecule has 1 aromatic heterocycles. The molecule has 3 rings (SSSR count). The van der Waals surface area contributed by atoms with Gasteiger partial charge in [0.25, 0.3) is 5.56 Å². The number of rotatable bonds is 6. The van der Waals surface area contributed by atoms with E-state index in [1.807, 2.05) is 49.1 Å². The van der Waals surface area contributed by atoms with Crippen molar-refractivity contribution in [1.29, 1.82) is 0 Å². The number of aliphatic hydroxyl groups excluding tert-OH is 1. The van der Waals surface area contributed by atoms with E-state index in [2.05, 4.69) is 29.4 Å². The Bertz CT molecular complexity index is 1090. The maximum Gasteiger partial charge on any atom is 0.253 e. The van der Waals surface area contributed by atoms with Gasteiger partial charge in [-0.05, 0) is 73.3 Å². The summed E-state index contributed by atoms with van der Waals surface area (Å²) in [6.07, 6.45) is 0.935. The molecule has 5 nitrogen and oxygen atoms in total. The molecule has 29 heavy (non-hydrogen) atoms. The highest BCUT2D eigenvalue weighted by molar-refractivity contribution is 7.80. The molecule has 3 aromatic rings. The van der Waals surface area contributed by atoms with Gasteiger partial charge in [-0.15, -0.1) is 0 Å². The van der Waals surface area contributed by atoms with Crippen LogP contribution in [0.3, 0.4) is 0 Å². The number of hydrogen-bond acceptors (Lipinski definition) is 3. The first kappa shape index (κ1) is 21.0. The maximum absolute atomic E-state index is 12.6. The monoisotopic (exact) mass is 409 g/mol. The van der Waals surface area contributed by atoms with Gasteiger partial charge in [-0.1, -0.05) is 30.7 Å². The van der Waals surface area contributed by atoms with E-state index < -0.39 is 0 Å². The van der Waals surface area contributed by atoms with Crippen molar-refractivity contribution < 1.29 is 5.11 Å². The normalized spacial score (nSPS) is 10.9. The van der Waals surface area contributed by atoms with Crippen molar-refractivity contribution in [3.05, 3.63) is 75.1 Å². The van der Waals surface area contributed by atoms with Crippen molar-refractivity contribution in [2.75, 3.05) is 18.5 Å². The minimum atomic E-state index is -0.140. The molecule has 0 aliphatic carbocycles. The number of aromatic nitrogens is 1. The minimum absolute atomic E-state index is 0.0554. The van der Waals surface area contributed by atoms with Gasteiger partial charge in [-0.2, -0.15) is 0 Å². The maximum atomic E-state index is 12.6. The van der Waals surface area contributed by atoms with Crippen LogP contribution in [0.2, 0.25) is 0 Å². The highest BCUT2D eigenvalue weighted by Gasteiger charge is 2.14. The Hall–Kier alpha value is -2.70. The molecule has 152 valence electrons. The van der Waals surface area contributed by atoms with Crippen LogP contribution in [0, 0.1) is 13.8 Å². The summed E-state index contributed by atoms with van der Waals surface area (Å²) in [7, 11) is 0. The Kier molecular flexibility index (Phi) is 6.67. The summed E-state index contributed by atoms with van der Waals surface area (Å²) in [6, 6.07) is 14.1. The van der Waals surface area contributed by atoms with Gasteiger partial charge in [0, 0.05) is 23.3 Å². The van der Waals surface area contributed by atoms with Gasteiger partial charge in [-0.3, -0.25) is 4.79 Å². The fourth-order valence-electron chi connectivity index (χ4n) is 3.37. The minimum Gasteiger partial charge on any atom is -0.395 e. The van der Waals surface area contributed by atoms with Crippen LogP contribution >= 0.6 is 12.2 Å². The number of aliphatic hydroxyl groups is 1. The first-order valence-corrected chi connectivity index (χ1v) is 10.2. The Labute approximate surface area is 176 Å². The van der Waals surface area contributed by atoms with Crippen LogP contribution in [-0.4, -0.2) is 33.3 Å². The van der Waals surface area contributed by atoms with Gasteiger partial charge in [0.05, 0.1) is 13.2 Å². The number of H-pyrrole nitrogens is 1. The van der Waals surface area contributed by atoms with E-state index in [9.17, 15) is 9.90 Å². The number of anilines is 1. The number of aromatic amines is 1. The quantitative estimate of drug-likeness (QED) is 0.539. The van der Waals surface area contributed by atoms with Crippen LogP contribution in [-0.2, 0) is 13.0 Å². The fraction of sp³-hybridized carbons (Fsp3) is 0.304. The fourth-order valence-corrected chi connectivity index (χ4v) is 3.63. The summed E-state index contributed by atoms with van der Waals surface area (Å²) < 4.78 is 0. The van der Waals surface area contributed by atoms with E-state index in [0.29, 0.717) is 23.8 Å². The van der Waals surface area contributed by atoms with Crippen molar-refractivity contribution in [2.45, 2.75) is 33.7 Å². The van der Waals surface area contributed by atoms with Gasteiger partial charge in [0.15, 0.2) is 5.11 Å². The molecule has 1 heterocycles. The van der Waals surface area contributed by atoms with Gasteiger partial charge in [-0.25, -0.2) is 0 Å². The molecule has 0 aliphatic heterocycles. The molecule has 2 aromatic carbocycles. The number of aryl methyl sites for hydroxylation is 3. The molecule has 0 atom stereocenters. The standard InChI is InChI=1S/C23H27N3O2S/c1-4-17-6-8-21-18(12-17)13-19(22(28)24-21)14-26(9-10-27)23(29)25-20-7-5-15(2)11-16(20)3/h5-8,11-13,27H,4,9-10,14H2,1-3H3,(H,24,28)(H,25,29). The molecule has 6 heteroatoms. The second-order valence-electron chi connectivity index (χ2n) is 7.29. The largest absolute Gasteiger partial charge is 0.395 e. The molecule has 0 fully saturated rings. The predicted molar refractivity (Wildman–Crippen MR) is 124 cm³/mol. The summed E-state index contributed by atoms with van der Waals surface area (Å²) in [5, 5.41) is 14.2. The van der Waals surface area contributed by atoms with Gasteiger partial charge >= 0.3 is 0 Å². The first-order valence-electron chi connectivity index (χ1n) is 9.80. The second kappa shape index (κ2) is 9.20. The number of hydrogen-bond donors (Lipinski definition) is 3. The molecule has 3 N–H and O–H groups in total. The van der Waals surface area contributed by atoms with E-state index in [1.165, 1.54) is 11.1 Å². The molecular formula is C23H27N3O2S. The summed E-state index contributed by atoms with van der Waals surface area (Å²) in [4.78, 5) is 17.4. The van der Waals surface area contributed by atoms with Crippen LogP contribution in [0.5, 0.6) is 0 Å². The van der Waals surface area contributed by atoms with E-state index in [-0.39, 0.29) is 12.2 Å². The zero-order valence-corrected chi connectivity index (χ0v) is 17.9. The zero-order chi connectivity index (χ0) is 21.0. The molecule has 0 unspecified atom stereocenters. The van der Waals surface area contributed by atoms with Crippen molar-refractivity contribution in [3.8, 4) is 0 Å². The van der Waals surface area contributed by atoms with E-state index in [1.54, 1.807) is 0 Å². The van der Waals surface area contributed by atoms with Crippen LogP contribution < -0.4 is 10.9 Å². The lowest BCUT2D eigenvalue weighted by atomic mass is 10.1. The lowest BCUT2D eigenvalue weighted by Gasteiger charge is -2.25. The number of benzene rings is 2. The Morgan fingerprint density at radius 2 is 1.97 bits per heavy atom. The predicted octanol–water partition coefficient (Wildman–Crippen LogP) is 3.90. The first-order chi connectivity index (χ1) is 13.9. The molecule has 0 aliphatic rings. The van der Waals surface area contributed by atoms with Gasteiger partial charge in [0.2, 0.25) is 0 Å². The van der Waals surface area contributed by atoms with E-state index in [4.69, 9.17) is 12.2 Å². The summed E-state index contributed by atoms with van der Waals surface area (Å²) in [6.45, 7) is 6.77. The van der Waals surface area contributed by atoms with Gasteiger partial charge in [0.1, 0.15) is 0 Å².